The Labute approximate surface area is 190 Å². The fourth-order valence-corrected chi connectivity index (χ4v) is 3.06. The van der Waals surface area contributed by atoms with Crippen LogP contribution in [-0.4, -0.2) is 32.2 Å². The third kappa shape index (κ3) is 5.56. The number of aryl methyl sites for hydroxylation is 2. The molecule has 33 heavy (non-hydrogen) atoms. The molecule has 0 radical (unpaired) electrons. The van der Waals surface area contributed by atoms with Gasteiger partial charge >= 0.3 is 5.95 Å². The molecular formula is C25H21N5O3. The van der Waals surface area contributed by atoms with Crippen molar-refractivity contribution >= 4 is 29.8 Å². The third-order valence-electron chi connectivity index (χ3n) is 4.53. The Hall–Kier alpha value is -4.59. The van der Waals surface area contributed by atoms with Crippen LogP contribution in [0, 0.1) is 13.8 Å². The van der Waals surface area contributed by atoms with Crippen molar-refractivity contribution in [1.82, 2.24) is 20.3 Å². The first-order valence-electron chi connectivity index (χ1n) is 10.2. The molecule has 0 fully saturated rings. The fourth-order valence-electron chi connectivity index (χ4n) is 3.06. The zero-order valence-electron chi connectivity index (χ0n) is 18.1. The summed E-state index contributed by atoms with van der Waals surface area (Å²) in [6, 6.07) is 20.0. The van der Waals surface area contributed by atoms with E-state index in [1.807, 2.05) is 56.3 Å². The zero-order valence-corrected chi connectivity index (χ0v) is 18.1. The predicted molar refractivity (Wildman–Crippen MR) is 125 cm³/mol. The van der Waals surface area contributed by atoms with Crippen LogP contribution in [0.4, 0.5) is 5.95 Å². The molecule has 2 aromatic heterocycles. The lowest BCUT2D eigenvalue weighted by molar-refractivity contribution is 0.0973. The molecule has 0 saturated carbocycles. The highest BCUT2D eigenvalue weighted by molar-refractivity contribution is 6.01. The second-order valence-corrected chi connectivity index (χ2v) is 7.21. The normalized spacial score (nSPS) is 11.6. The van der Waals surface area contributed by atoms with Crippen LogP contribution in [0.1, 0.15) is 38.9 Å². The van der Waals surface area contributed by atoms with Crippen LogP contribution < -0.4 is 5.32 Å². The average Bonchev–Trinajstić information content (AvgIpc) is 3.18. The quantitative estimate of drug-likeness (QED) is 0.429. The Morgan fingerprint density at radius 2 is 1.61 bits per heavy atom. The largest absolute Gasteiger partial charge is 0.479 e. The first-order chi connectivity index (χ1) is 16.0. The average molecular weight is 439 g/mol. The maximum Gasteiger partial charge on any atom is 0.312 e. The van der Waals surface area contributed by atoms with Crippen LogP contribution in [0.5, 0.6) is 5.95 Å². The molecule has 0 aliphatic rings. The number of aromatic hydroxyl groups is 1. The van der Waals surface area contributed by atoms with Crippen molar-refractivity contribution in [2.24, 2.45) is 4.99 Å². The van der Waals surface area contributed by atoms with Gasteiger partial charge in [-0.3, -0.25) is 4.79 Å². The Morgan fingerprint density at radius 3 is 2.27 bits per heavy atom. The van der Waals surface area contributed by atoms with Crippen LogP contribution in [0.3, 0.4) is 0 Å². The smallest absolute Gasteiger partial charge is 0.312 e. The molecular weight excluding hydrogens is 418 g/mol. The number of hydrogen-bond donors (Lipinski definition) is 2. The summed E-state index contributed by atoms with van der Waals surface area (Å²) in [5.41, 5.74) is 3.21. The van der Waals surface area contributed by atoms with Gasteiger partial charge in [0.15, 0.2) is 5.69 Å². The van der Waals surface area contributed by atoms with E-state index in [9.17, 15) is 9.90 Å². The van der Waals surface area contributed by atoms with Gasteiger partial charge in [-0.2, -0.15) is 0 Å². The predicted octanol–water partition coefficient (Wildman–Crippen LogP) is 4.47. The van der Waals surface area contributed by atoms with E-state index >= 15 is 0 Å². The second-order valence-electron chi connectivity index (χ2n) is 7.21. The molecule has 4 rings (SSSR count). The number of amides is 1. The molecule has 0 aliphatic carbocycles. The van der Waals surface area contributed by atoms with Crippen molar-refractivity contribution < 1.29 is 14.3 Å². The molecule has 1 amide bonds. The minimum atomic E-state index is -0.439. The number of aliphatic imine (C=N–C) groups is 1. The van der Waals surface area contributed by atoms with E-state index in [2.05, 4.69) is 25.3 Å². The summed E-state index contributed by atoms with van der Waals surface area (Å²) in [6.45, 7) is 3.69. The highest BCUT2D eigenvalue weighted by Gasteiger charge is 2.18. The summed E-state index contributed by atoms with van der Waals surface area (Å²) in [7, 11) is 0. The maximum atomic E-state index is 12.8. The molecule has 0 spiro atoms. The van der Waals surface area contributed by atoms with E-state index in [0.29, 0.717) is 5.56 Å². The van der Waals surface area contributed by atoms with E-state index in [4.69, 9.17) is 4.42 Å². The van der Waals surface area contributed by atoms with E-state index in [-0.39, 0.29) is 29.1 Å². The summed E-state index contributed by atoms with van der Waals surface area (Å²) in [4.78, 5) is 29.7. The molecule has 0 saturated heterocycles. The summed E-state index contributed by atoms with van der Waals surface area (Å²) in [5, 5.41) is 13.1. The number of rotatable bonds is 6. The first kappa shape index (κ1) is 21.6. The van der Waals surface area contributed by atoms with Crippen LogP contribution >= 0.6 is 0 Å². The minimum Gasteiger partial charge on any atom is -0.479 e. The maximum absolute atomic E-state index is 12.8. The zero-order chi connectivity index (χ0) is 23.2. The molecule has 2 aromatic carbocycles. The van der Waals surface area contributed by atoms with Crippen LogP contribution in [-0.2, 0) is 0 Å². The summed E-state index contributed by atoms with van der Waals surface area (Å²) in [6.07, 6.45) is 3.02. The SMILES string of the molecule is Cc1cc(C)nc(/N=C/c2nc(/C(=C\c3ccccc3)NC(=O)c3ccccc3)oc2O)n1. The number of hydrogen-bond acceptors (Lipinski definition) is 7. The van der Waals surface area contributed by atoms with E-state index in [1.165, 1.54) is 6.21 Å². The molecule has 0 bridgehead atoms. The van der Waals surface area contributed by atoms with Crippen molar-refractivity contribution in [3.63, 3.8) is 0 Å². The molecule has 164 valence electrons. The van der Waals surface area contributed by atoms with Crippen molar-refractivity contribution in [3.8, 4) is 5.95 Å². The number of oxazole rings is 1. The van der Waals surface area contributed by atoms with E-state index in [0.717, 1.165) is 17.0 Å². The van der Waals surface area contributed by atoms with Gasteiger partial charge in [0.1, 0.15) is 5.70 Å². The van der Waals surface area contributed by atoms with Gasteiger partial charge in [-0.25, -0.2) is 19.9 Å². The third-order valence-corrected chi connectivity index (χ3v) is 4.53. The van der Waals surface area contributed by atoms with Gasteiger partial charge in [0.25, 0.3) is 5.91 Å². The van der Waals surface area contributed by atoms with E-state index < -0.39 is 5.95 Å². The summed E-state index contributed by atoms with van der Waals surface area (Å²) < 4.78 is 5.45. The van der Waals surface area contributed by atoms with Crippen LogP contribution in [0.15, 0.2) is 76.1 Å². The number of nitrogens with zero attached hydrogens (tertiary/aromatic N) is 4. The molecule has 2 N–H and O–H groups in total. The van der Waals surface area contributed by atoms with Crippen molar-refractivity contribution in [2.75, 3.05) is 0 Å². The number of benzene rings is 2. The van der Waals surface area contributed by atoms with Crippen molar-refractivity contribution in [3.05, 3.63) is 101 Å². The monoisotopic (exact) mass is 439 g/mol. The van der Waals surface area contributed by atoms with Gasteiger partial charge in [0.05, 0.1) is 6.21 Å². The Bertz CT molecular complexity index is 1310. The minimum absolute atomic E-state index is 0.0309. The van der Waals surface area contributed by atoms with Crippen molar-refractivity contribution in [2.45, 2.75) is 13.8 Å². The molecule has 2 heterocycles. The molecule has 0 unspecified atom stereocenters. The fraction of sp³-hybridized carbons (Fsp3) is 0.0800. The molecule has 0 atom stereocenters. The lowest BCUT2D eigenvalue weighted by atomic mass is 10.1. The van der Waals surface area contributed by atoms with Crippen molar-refractivity contribution in [1.29, 1.82) is 0 Å². The standard InChI is InChI=1S/C25H21N5O3/c1-16-13-17(2)28-25(27-16)26-15-21-24(32)33-23(30-21)20(14-18-9-5-3-6-10-18)29-22(31)19-11-7-4-8-12-19/h3-15,32H,1-2H3,(H,29,31)/b20-14+,26-15+. The van der Waals surface area contributed by atoms with Gasteiger partial charge in [-0.05, 0) is 43.7 Å². The number of aromatic nitrogens is 3. The van der Waals surface area contributed by atoms with Crippen LogP contribution in [0.2, 0.25) is 0 Å². The summed E-state index contributed by atoms with van der Waals surface area (Å²) >= 11 is 0. The van der Waals surface area contributed by atoms with Gasteiger partial charge < -0.3 is 14.8 Å². The number of carbonyl (C=O) groups is 1. The van der Waals surface area contributed by atoms with E-state index in [1.54, 1.807) is 30.3 Å². The Kier molecular flexibility index (Phi) is 6.36. The molecule has 0 aliphatic heterocycles. The van der Waals surface area contributed by atoms with Gasteiger partial charge in [-0.15, -0.1) is 0 Å². The molecule has 8 heteroatoms. The van der Waals surface area contributed by atoms with Gasteiger partial charge in [-0.1, -0.05) is 48.5 Å². The lowest BCUT2D eigenvalue weighted by Gasteiger charge is -2.07. The van der Waals surface area contributed by atoms with Crippen LogP contribution in [0.25, 0.3) is 11.8 Å². The molecule has 8 nitrogen and oxygen atoms in total. The number of nitrogens with one attached hydrogen (secondary N) is 1. The van der Waals surface area contributed by atoms with Gasteiger partial charge in [0.2, 0.25) is 11.8 Å². The first-order valence-corrected chi connectivity index (χ1v) is 10.2. The highest BCUT2D eigenvalue weighted by Crippen LogP contribution is 2.23. The number of carbonyl (C=O) groups excluding carboxylic acids is 1. The highest BCUT2D eigenvalue weighted by atomic mass is 16.5. The Balaban J connectivity index is 1.66. The van der Waals surface area contributed by atoms with Gasteiger partial charge in [0, 0.05) is 17.0 Å². The Morgan fingerprint density at radius 1 is 0.970 bits per heavy atom. The lowest BCUT2D eigenvalue weighted by Crippen LogP contribution is -2.22. The second kappa shape index (κ2) is 9.69. The molecule has 4 aromatic rings. The summed E-state index contributed by atoms with van der Waals surface area (Å²) in [5.74, 6) is -0.502. The topological polar surface area (TPSA) is 114 Å².